The summed E-state index contributed by atoms with van der Waals surface area (Å²) in [6, 6.07) is -1.04. The Morgan fingerprint density at radius 2 is 0.837 bits per heavy atom. The maximum atomic E-state index is 13.5. The third-order valence-electron chi connectivity index (χ3n) is 15.9. The summed E-state index contributed by atoms with van der Waals surface area (Å²) < 4.78 is 17.7. The number of carbonyl (C=O) groups excluding carboxylic acids is 2. The number of hydrogen-bond donors (Lipinski definition) is 6. The molecule has 494 valence electrons. The maximum absolute atomic E-state index is 13.5. The highest BCUT2D eigenvalue weighted by atomic mass is 16.7. The van der Waals surface area contributed by atoms with E-state index in [0.717, 1.165) is 109 Å². The van der Waals surface area contributed by atoms with Gasteiger partial charge < -0.3 is 45.1 Å². The Labute approximate surface area is 526 Å². The maximum Gasteiger partial charge on any atom is 0.306 e. The Morgan fingerprint density at radius 3 is 1.28 bits per heavy atom. The number of carbonyl (C=O) groups is 2. The second kappa shape index (κ2) is 61.6. The van der Waals surface area contributed by atoms with Crippen LogP contribution in [0, 0.1) is 0 Å². The predicted molar refractivity (Wildman–Crippen MR) is 361 cm³/mol. The minimum atomic E-state index is -1.63. The van der Waals surface area contributed by atoms with Crippen LogP contribution in [0.25, 0.3) is 0 Å². The molecular formula is C75H129NO10. The zero-order valence-electron chi connectivity index (χ0n) is 54.9. The normalized spacial score (nSPS) is 19.0. The number of esters is 1. The molecule has 6 N–H and O–H groups in total. The highest BCUT2D eigenvalue weighted by Gasteiger charge is 2.47. The number of amides is 1. The third kappa shape index (κ3) is 48.3. The number of aliphatic hydroxyl groups excluding tert-OH is 5. The van der Waals surface area contributed by atoms with Gasteiger partial charge in [0.25, 0.3) is 0 Å². The molecule has 0 aliphatic carbocycles. The molecule has 1 saturated heterocycles. The van der Waals surface area contributed by atoms with Gasteiger partial charge in [0.2, 0.25) is 5.91 Å². The van der Waals surface area contributed by atoms with Crippen LogP contribution < -0.4 is 5.32 Å². The Bertz CT molecular complexity index is 1820. The molecule has 1 fully saturated rings. The van der Waals surface area contributed by atoms with Crippen molar-refractivity contribution < 1.29 is 49.3 Å². The lowest BCUT2D eigenvalue weighted by molar-refractivity contribution is -0.305. The number of allylic oxidation sites excluding steroid dienone is 17. The van der Waals surface area contributed by atoms with E-state index in [4.69, 9.17) is 14.2 Å². The average molecular weight is 1200 g/mol. The average Bonchev–Trinajstić information content (AvgIpc) is 3.39. The van der Waals surface area contributed by atoms with Crippen LogP contribution in [0.4, 0.5) is 0 Å². The zero-order valence-corrected chi connectivity index (χ0v) is 54.9. The summed E-state index contributed by atoms with van der Waals surface area (Å²) in [6.07, 6.45) is 74.0. The first kappa shape index (κ1) is 80.3. The fourth-order valence-electron chi connectivity index (χ4n) is 10.4. The first-order chi connectivity index (χ1) is 42.2. The highest BCUT2D eigenvalue weighted by Crippen LogP contribution is 2.26. The number of aliphatic hydroxyl groups is 5. The van der Waals surface area contributed by atoms with Gasteiger partial charge in [-0.2, -0.15) is 0 Å². The van der Waals surface area contributed by atoms with Gasteiger partial charge in [-0.1, -0.05) is 284 Å². The lowest BCUT2D eigenvalue weighted by Crippen LogP contribution is -2.61. The van der Waals surface area contributed by atoms with Crippen LogP contribution in [0.1, 0.15) is 290 Å². The molecule has 0 radical (unpaired) electrons. The van der Waals surface area contributed by atoms with Crippen LogP contribution in [0.5, 0.6) is 0 Å². The number of unbranched alkanes of at least 4 members (excludes halogenated alkanes) is 29. The smallest absolute Gasteiger partial charge is 0.306 e. The molecule has 0 aromatic heterocycles. The van der Waals surface area contributed by atoms with Crippen LogP contribution in [-0.2, 0) is 23.8 Å². The molecule has 11 heteroatoms. The SMILES string of the molecule is CC/C=C\C/C=C\C/C=C\C/C=C\C/C=C\C/C=C\CCCCCCC(=O)OC1C(OCC(NC(=O)C(O)CCCCCCCCCCCCCC/C=C\C/C=C\CCCCC)C(O)/C=C/CCCCCCCCCCCC)OC(CO)C(O)C1O. The topological polar surface area (TPSA) is 175 Å². The van der Waals surface area contributed by atoms with Crippen molar-refractivity contribution in [2.45, 2.75) is 339 Å². The van der Waals surface area contributed by atoms with Gasteiger partial charge in [-0.05, 0) is 109 Å². The van der Waals surface area contributed by atoms with E-state index in [2.05, 4.69) is 123 Å². The highest BCUT2D eigenvalue weighted by molar-refractivity contribution is 5.80. The fraction of sp³-hybridized carbons (Fsp3) is 0.733. The van der Waals surface area contributed by atoms with Gasteiger partial charge in [0.15, 0.2) is 12.4 Å². The molecule has 8 unspecified atom stereocenters. The quantitative estimate of drug-likeness (QED) is 0.0195. The van der Waals surface area contributed by atoms with Crippen LogP contribution in [-0.4, -0.2) is 99.6 Å². The van der Waals surface area contributed by atoms with Crippen molar-refractivity contribution in [2.75, 3.05) is 13.2 Å². The molecule has 1 amide bonds. The van der Waals surface area contributed by atoms with Crippen molar-refractivity contribution in [1.82, 2.24) is 5.32 Å². The monoisotopic (exact) mass is 1200 g/mol. The summed E-state index contributed by atoms with van der Waals surface area (Å²) >= 11 is 0. The van der Waals surface area contributed by atoms with E-state index in [-0.39, 0.29) is 19.4 Å². The second-order valence-electron chi connectivity index (χ2n) is 23.9. The van der Waals surface area contributed by atoms with Gasteiger partial charge in [0.05, 0.1) is 25.4 Å². The fourth-order valence-corrected chi connectivity index (χ4v) is 10.4. The van der Waals surface area contributed by atoms with Crippen LogP contribution in [0.15, 0.2) is 109 Å². The summed E-state index contributed by atoms with van der Waals surface area (Å²) in [6.45, 7) is 5.65. The first-order valence-corrected chi connectivity index (χ1v) is 35.2. The Hall–Kier alpha value is -3.68. The van der Waals surface area contributed by atoms with Crippen LogP contribution in [0.3, 0.4) is 0 Å². The van der Waals surface area contributed by atoms with E-state index in [0.29, 0.717) is 12.8 Å². The van der Waals surface area contributed by atoms with Crippen molar-refractivity contribution in [2.24, 2.45) is 0 Å². The Morgan fingerprint density at radius 1 is 0.465 bits per heavy atom. The molecule has 0 bridgehead atoms. The van der Waals surface area contributed by atoms with E-state index in [9.17, 15) is 35.1 Å². The van der Waals surface area contributed by atoms with Gasteiger partial charge in [0, 0.05) is 6.42 Å². The minimum Gasteiger partial charge on any atom is -0.454 e. The number of hydrogen-bond acceptors (Lipinski definition) is 10. The Kier molecular flexibility index (Phi) is 57.5. The molecule has 0 aromatic carbocycles. The lowest BCUT2D eigenvalue weighted by atomic mass is 9.99. The molecule has 1 rings (SSSR count). The second-order valence-corrected chi connectivity index (χ2v) is 23.9. The molecule has 1 aliphatic rings. The first-order valence-electron chi connectivity index (χ1n) is 35.2. The van der Waals surface area contributed by atoms with Crippen LogP contribution >= 0.6 is 0 Å². The molecule has 11 nitrogen and oxygen atoms in total. The van der Waals surface area contributed by atoms with Gasteiger partial charge >= 0.3 is 5.97 Å². The van der Waals surface area contributed by atoms with E-state index < -0.39 is 67.4 Å². The third-order valence-corrected chi connectivity index (χ3v) is 15.9. The van der Waals surface area contributed by atoms with E-state index in [1.165, 1.54) is 135 Å². The predicted octanol–water partition coefficient (Wildman–Crippen LogP) is 18.0. The largest absolute Gasteiger partial charge is 0.454 e. The molecule has 0 spiro atoms. The van der Waals surface area contributed by atoms with E-state index in [1.807, 2.05) is 6.08 Å². The van der Waals surface area contributed by atoms with Gasteiger partial charge in [-0.3, -0.25) is 9.59 Å². The number of rotatable bonds is 59. The molecule has 0 aromatic rings. The molecular weight excluding hydrogens is 1070 g/mol. The zero-order chi connectivity index (χ0) is 62.4. The summed E-state index contributed by atoms with van der Waals surface area (Å²) in [4.78, 5) is 26.7. The summed E-state index contributed by atoms with van der Waals surface area (Å²) in [5.74, 6) is -1.22. The van der Waals surface area contributed by atoms with Gasteiger partial charge in [-0.25, -0.2) is 0 Å². The van der Waals surface area contributed by atoms with Crippen molar-refractivity contribution >= 4 is 11.9 Å². The Balaban J connectivity index is 2.61. The standard InChI is InChI=1S/C75H129NO10/c1-4-7-10-13-16-19-22-25-27-29-31-33-35-37-39-41-43-45-48-51-54-57-60-63-70(80)86-73-72(82)71(81)69(64-77)85-75(73)84-65-66(67(78)61-58-55-52-49-46-24-21-18-15-12-9-6-3)76-74(83)68(79)62-59-56-53-50-47-44-42-40-38-36-34-32-30-28-26-23-20-17-14-11-8-5-2/h7,10,16-17,19-20,25-28,31,33,37,39,43,45,58,61,66-69,71-73,75,77-79,81-82H,4-6,8-9,11-15,18,21-24,29-30,32,34-36,38,40-42,44,46-57,59-60,62-65H2,1-3H3,(H,76,83)/b10-7-,19-16-,20-17-,27-25-,28-26-,33-31-,39-37-,45-43-,61-58+. The molecule has 86 heavy (non-hydrogen) atoms. The number of ether oxygens (including phenoxy) is 3. The van der Waals surface area contributed by atoms with E-state index in [1.54, 1.807) is 6.08 Å². The molecule has 1 aliphatic heterocycles. The number of nitrogens with one attached hydrogen (secondary N) is 1. The summed E-state index contributed by atoms with van der Waals surface area (Å²) in [5, 5.41) is 57.2. The lowest BCUT2D eigenvalue weighted by Gasteiger charge is -2.41. The molecule has 8 atom stereocenters. The van der Waals surface area contributed by atoms with E-state index >= 15 is 0 Å². The minimum absolute atomic E-state index is 0.0888. The van der Waals surface area contributed by atoms with Gasteiger partial charge in [-0.15, -0.1) is 0 Å². The molecule has 1 heterocycles. The van der Waals surface area contributed by atoms with Crippen molar-refractivity contribution in [3.8, 4) is 0 Å². The van der Waals surface area contributed by atoms with Gasteiger partial charge in [0.1, 0.15) is 24.4 Å². The van der Waals surface area contributed by atoms with Crippen LogP contribution in [0.2, 0.25) is 0 Å². The van der Waals surface area contributed by atoms with Crippen molar-refractivity contribution in [3.05, 3.63) is 109 Å². The summed E-state index contributed by atoms with van der Waals surface area (Å²) in [7, 11) is 0. The summed E-state index contributed by atoms with van der Waals surface area (Å²) in [5.41, 5.74) is 0. The van der Waals surface area contributed by atoms with Crippen molar-refractivity contribution in [3.63, 3.8) is 0 Å². The van der Waals surface area contributed by atoms with Crippen molar-refractivity contribution in [1.29, 1.82) is 0 Å². The molecule has 0 saturated carbocycles.